The van der Waals surface area contributed by atoms with E-state index >= 15 is 0 Å². The van der Waals surface area contributed by atoms with E-state index in [1.165, 1.54) is 9.80 Å². The summed E-state index contributed by atoms with van der Waals surface area (Å²) in [4.78, 5) is 25.9. The molecule has 0 spiro atoms. The van der Waals surface area contributed by atoms with E-state index < -0.39 is 0 Å². The number of likely N-dealkylation sites (N-methyl/N-ethyl adjacent to an activating group) is 1. The van der Waals surface area contributed by atoms with Gasteiger partial charge in [-0.2, -0.15) is 12.6 Å². The molecular formula is C10H18N2O2S. The van der Waals surface area contributed by atoms with Crippen LogP contribution in [0, 0.1) is 5.92 Å². The standard InChI is InChI=1S/C10H18N2O2S/c1-3-4-8(7-15)5-12-9(13)6-11(2)10(12)14/h8,15H,3-7H2,1-2H3. The Morgan fingerprint density at radius 2 is 2.13 bits per heavy atom. The van der Waals surface area contributed by atoms with Crippen LogP contribution in [0.2, 0.25) is 0 Å². The van der Waals surface area contributed by atoms with Crippen molar-refractivity contribution in [2.45, 2.75) is 19.8 Å². The number of rotatable bonds is 5. The minimum absolute atomic E-state index is 0.0922. The molecule has 0 aromatic rings. The lowest BCUT2D eigenvalue weighted by atomic mass is 10.1. The smallest absolute Gasteiger partial charge is 0.318 e. The Bertz CT molecular complexity index is 258. The zero-order chi connectivity index (χ0) is 11.4. The Balaban J connectivity index is 2.56. The molecule has 0 aromatic carbocycles. The molecule has 3 amide bonds. The molecule has 0 aromatic heterocycles. The van der Waals surface area contributed by atoms with Gasteiger partial charge in [-0.05, 0) is 18.1 Å². The summed E-state index contributed by atoms with van der Waals surface area (Å²) >= 11 is 4.24. The van der Waals surface area contributed by atoms with Crippen molar-refractivity contribution in [2.24, 2.45) is 5.92 Å². The maximum Gasteiger partial charge on any atom is 0.326 e. The minimum atomic E-state index is -0.178. The molecule has 1 fully saturated rings. The number of nitrogens with zero attached hydrogens (tertiary/aromatic N) is 2. The third-order valence-electron chi connectivity index (χ3n) is 2.63. The quantitative estimate of drug-likeness (QED) is 0.570. The molecule has 1 aliphatic rings. The van der Waals surface area contributed by atoms with Crippen LogP contribution in [-0.2, 0) is 4.79 Å². The first-order valence-corrected chi connectivity index (χ1v) is 5.89. The van der Waals surface area contributed by atoms with Crippen LogP contribution < -0.4 is 0 Å². The first-order valence-electron chi connectivity index (χ1n) is 5.26. The molecule has 4 nitrogen and oxygen atoms in total. The van der Waals surface area contributed by atoms with E-state index in [1.54, 1.807) is 7.05 Å². The zero-order valence-electron chi connectivity index (χ0n) is 9.27. The summed E-state index contributed by atoms with van der Waals surface area (Å²) in [7, 11) is 1.65. The highest BCUT2D eigenvalue weighted by Crippen LogP contribution is 2.15. The van der Waals surface area contributed by atoms with Crippen molar-refractivity contribution < 1.29 is 9.59 Å². The molecular weight excluding hydrogens is 212 g/mol. The van der Waals surface area contributed by atoms with E-state index in [-0.39, 0.29) is 18.5 Å². The molecule has 1 atom stereocenters. The van der Waals surface area contributed by atoms with Gasteiger partial charge in [-0.1, -0.05) is 13.3 Å². The lowest BCUT2D eigenvalue weighted by molar-refractivity contribution is -0.125. The molecule has 5 heteroatoms. The third kappa shape index (κ3) is 2.87. The maximum atomic E-state index is 11.6. The molecule has 0 radical (unpaired) electrons. The highest BCUT2D eigenvalue weighted by molar-refractivity contribution is 7.80. The van der Waals surface area contributed by atoms with E-state index in [2.05, 4.69) is 19.6 Å². The molecule has 1 unspecified atom stereocenters. The fourth-order valence-electron chi connectivity index (χ4n) is 1.76. The third-order valence-corrected chi connectivity index (χ3v) is 3.14. The number of hydrogen-bond donors (Lipinski definition) is 1. The Morgan fingerprint density at radius 1 is 1.47 bits per heavy atom. The Hall–Kier alpha value is -0.710. The van der Waals surface area contributed by atoms with Crippen LogP contribution in [0.5, 0.6) is 0 Å². The second-order valence-corrected chi connectivity index (χ2v) is 4.35. The summed E-state index contributed by atoms with van der Waals surface area (Å²) in [5.41, 5.74) is 0. The van der Waals surface area contributed by atoms with Gasteiger partial charge in [0.15, 0.2) is 0 Å². The number of urea groups is 1. The summed E-state index contributed by atoms with van der Waals surface area (Å²) in [6.07, 6.45) is 2.06. The minimum Gasteiger partial charge on any atom is -0.318 e. The molecule has 1 heterocycles. The summed E-state index contributed by atoms with van der Waals surface area (Å²) in [5, 5.41) is 0. The fourth-order valence-corrected chi connectivity index (χ4v) is 2.05. The predicted octanol–water partition coefficient (Wildman–Crippen LogP) is 1.23. The molecule has 0 saturated carbocycles. The van der Waals surface area contributed by atoms with Gasteiger partial charge in [0.25, 0.3) is 0 Å². The lowest BCUT2D eigenvalue weighted by Crippen LogP contribution is -2.36. The van der Waals surface area contributed by atoms with E-state index in [0.717, 1.165) is 12.8 Å². The Labute approximate surface area is 96.0 Å². The summed E-state index contributed by atoms with van der Waals surface area (Å²) in [6.45, 7) is 2.82. The van der Waals surface area contributed by atoms with E-state index in [0.29, 0.717) is 18.2 Å². The van der Waals surface area contributed by atoms with Gasteiger partial charge in [0.2, 0.25) is 5.91 Å². The van der Waals surface area contributed by atoms with Crippen LogP contribution in [0.4, 0.5) is 4.79 Å². The van der Waals surface area contributed by atoms with Crippen LogP contribution in [-0.4, -0.2) is 47.6 Å². The molecule has 0 aliphatic carbocycles. The fraction of sp³-hybridized carbons (Fsp3) is 0.800. The van der Waals surface area contributed by atoms with Gasteiger partial charge in [0, 0.05) is 13.6 Å². The number of carbonyl (C=O) groups is 2. The summed E-state index contributed by atoms with van der Waals surface area (Å²) in [6, 6.07) is -0.178. The van der Waals surface area contributed by atoms with Gasteiger partial charge >= 0.3 is 6.03 Å². The first-order chi connectivity index (χ1) is 7.10. The first kappa shape index (κ1) is 12.4. The van der Waals surface area contributed by atoms with E-state index in [4.69, 9.17) is 0 Å². The molecule has 1 aliphatic heterocycles. The van der Waals surface area contributed by atoms with Gasteiger partial charge in [0.05, 0.1) is 0 Å². The average molecular weight is 230 g/mol. The largest absolute Gasteiger partial charge is 0.326 e. The number of imide groups is 1. The molecule has 0 N–H and O–H groups in total. The second-order valence-electron chi connectivity index (χ2n) is 3.98. The molecule has 1 saturated heterocycles. The molecule has 1 rings (SSSR count). The highest BCUT2D eigenvalue weighted by atomic mass is 32.1. The van der Waals surface area contributed by atoms with Crippen LogP contribution in [0.3, 0.4) is 0 Å². The van der Waals surface area contributed by atoms with Crippen molar-refractivity contribution in [3.63, 3.8) is 0 Å². The van der Waals surface area contributed by atoms with E-state index in [9.17, 15) is 9.59 Å². The molecule has 86 valence electrons. The van der Waals surface area contributed by atoms with Gasteiger partial charge in [-0.3, -0.25) is 9.69 Å². The zero-order valence-corrected chi connectivity index (χ0v) is 10.2. The SMILES string of the molecule is CCCC(CS)CN1C(=O)CN(C)C1=O. The average Bonchev–Trinajstić information content (AvgIpc) is 2.44. The van der Waals surface area contributed by atoms with Crippen LogP contribution in [0.25, 0.3) is 0 Å². The number of carbonyl (C=O) groups excluding carboxylic acids is 2. The number of thiol groups is 1. The monoisotopic (exact) mass is 230 g/mol. The predicted molar refractivity (Wildman–Crippen MR) is 62.0 cm³/mol. The van der Waals surface area contributed by atoms with Gasteiger partial charge in [-0.15, -0.1) is 0 Å². The summed E-state index contributed by atoms with van der Waals surface area (Å²) < 4.78 is 0. The van der Waals surface area contributed by atoms with Crippen molar-refractivity contribution >= 4 is 24.6 Å². The maximum absolute atomic E-state index is 11.6. The van der Waals surface area contributed by atoms with E-state index in [1.807, 2.05) is 0 Å². The van der Waals surface area contributed by atoms with Crippen molar-refractivity contribution in [1.29, 1.82) is 0 Å². The van der Waals surface area contributed by atoms with Gasteiger partial charge in [0.1, 0.15) is 6.54 Å². The van der Waals surface area contributed by atoms with Crippen molar-refractivity contribution in [3.05, 3.63) is 0 Å². The summed E-state index contributed by atoms with van der Waals surface area (Å²) in [5.74, 6) is 0.942. The topological polar surface area (TPSA) is 40.6 Å². The molecule has 0 bridgehead atoms. The number of amides is 3. The number of hydrogen-bond acceptors (Lipinski definition) is 3. The highest BCUT2D eigenvalue weighted by Gasteiger charge is 2.34. The van der Waals surface area contributed by atoms with Gasteiger partial charge < -0.3 is 4.90 Å². The lowest BCUT2D eigenvalue weighted by Gasteiger charge is -2.20. The normalized spacial score (nSPS) is 18.9. The Kier molecular flexibility index (Phi) is 4.45. The van der Waals surface area contributed by atoms with Crippen molar-refractivity contribution in [2.75, 3.05) is 25.9 Å². The molecule has 15 heavy (non-hydrogen) atoms. The van der Waals surface area contributed by atoms with Crippen molar-refractivity contribution in [3.8, 4) is 0 Å². The van der Waals surface area contributed by atoms with Crippen molar-refractivity contribution in [1.82, 2.24) is 9.80 Å². The van der Waals surface area contributed by atoms with Crippen LogP contribution in [0.1, 0.15) is 19.8 Å². The Morgan fingerprint density at radius 3 is 2.53 bits per heavy atom. The second kappa shape index (κ2) is 5.39. The van der Waals surface area contributed by atoms with Crippen LogP contribution in [0.15, 0.2) is 0 Å². The van der Waals surface area contributed by atoms with Crippen LogP contribution >= 0.6 is 12.6 Å². The van der Waals surface area contributed by atoms with Gasteiger partial charge in [-0.25, -0.2) is 4.79 Å².